The van der Waals surface area contributed by atoms with Crippen molar-refractivity contribution in [2.75, 3.05) is 6.61 Å². The lowest BCUT2D eigenvalue weighted by Gasteiger charge is -2.16. The van der Waals surface area contributed by atoms with E-state index in [9.17, 15) is 0 Å². The molecule has 0 heterocycles. The van der Waals surface area contributed by atoms with Crippen molar-refractivity contribution in [3.05, 3.63) is 6.10 Å². The van der Waals surface area contributed by atoms with Gasteiger partial charge in [-0.3, -0.25) is 0 Å². The van der Waals surface area contributed by atoms with Gasteiger partial charge >= 0.3 is 0 Å². The van der Waals surface area contributed by atoms with Crippen molar-refractivity contribution in [2.45, 2.75) is 34.6 Å². The van der Waals surface area contributed by atoms with Crippen molar-refractivity contribution >= 4 is 0 Å². The van der Waals surface area contributed by atoms with Crippen LogP contribution in [-0.4, -0.2) is 6.61 Å². The van der Waals surface area contributed by atoms with E-state index in [4.69, 9.17) is 4.74 Å². The molecule has 1 radical (unpaired) electrons. The molecule has 0 aromatic heterocycles. The van der Waals surface area contributed by atoms with Gasteiger partial charge in [-0.05, 0) is 18.8 Å². The molecule has 0 saturated heterocycles. The van der Waals surface area contributed by atoms with Gasteiger partial charge in [0.25, 0.3) is 0 Å². The van der Waals surface area contributed by atoms with Crippen LogP contribution in [0.2, 0.25) is 0 Å². The fraction of sp³-hybridized carbons (Fsp3) is 0.889. The summed E-state index contributed by atoms with van der Waals surface area (Å²) in [6, 6.07) is 0. The quantitative estimate of drug-likeness (QED) is 0.588. The standard InChI is InChI=1S/C9H19O/c1-7(2)6-10-9(5)8(3)4/h7-8H,6H2,1-5H3. The molecule has 0 aromatic carbocycles. The van der Waals surface area contributed by atoms with Crippen molar-refractivity contribution in [1.29, 1.82) is 0 Å². The van der Waals surface area contributed by atoms with E-state index in [1.54, 1.807) is 0 Å². The molecular formula is C9H19O. The molecule has 0 aliphatic heterocycles. The number of hydrogen-bond donors (Lipinski definition) is 0. The molecular weight excluding hydrogens is 124 g/mol. The molecule has 0 amide bonds. The molecule has 0 aromatic rings. The highest BCUT2D eigenvalue weighted by Crippen LogP contribution is 2.14. The maximum absolute atomic E-state index is 5.48. The molecule has 0 N–H and O–H groups in total. The van der Waals surface area contributed by atoms with Gasteiger partial charge in [-0.2, -0.15) is 0 Å². The molecule has 0 rings (SSSR count). The summed E-state index contributed by atoms with van der Waals surface area (Å²) >= 11 is 0. The molecule has 0 unspecified atom stereocenters. The number of hydrogen-bond acceptors (Lipinski definition) is 1. The normalized spacial score (nSPS) is 12.0. The minimum atomic E-state index is 0.554. The Bertz CT molecular complexity index is 76.8. The van der Waals surface area contributed by atoms with Gasteiger partial charge in [-0.15, -0.1) is 0 Å². The topological polar surface area (TPSA) is 9.23 Å². The molecule has 1 heteroatoms. The molecule has 0 aliphatic carbocycles. The highest BCUT2D eigenvalue weighted by Gasteiger charge is 2.08. The molecule has 1 nitrogen and oxygen atoms in total. The van der Waals surface area contributed by atoms with Gasteiger partial charge in [0.05, 0.1) is 6.10 Å². The summed E-state index contributed by atoms with van der Waals surface area (Å²) in [7, 11) is 0. The lowest BCUT2D eigenvalue weighted by atomic mass is 10.1. The third kappa shape index (κ3) is 4.80. The second-order valence-electron chi connectivity index (χ2n) is 3.47. The second-order valence-corrected chi connectivity index (χ2v) is 3.47. The van der Waals surface area contributed by atoms with Crippen LogP contribution in [-0.2, 0) is 4.74 Å². The van der Waals surface area contributed by atoms with Crippen LogP contribution in [0.1, 0.15) is 34.6 Å². The highest BCUT2D eigenvalue weighted by molar-refractivity contribution is 4.75. The maximum Gasteiger partial charge on any atom is 0.0965 e. The smallest absolute Gasteiger partial charge is 0.0965 e. The summed E-state index contributed by atoms with van der Waals surface area (Å²) in [5, 5.41) is 0. The Morgan fingerprint density at radius 2 is 1.70 bits per heavy atom. The molecule has 0 spiro atoms. The predicted octanol–water partition coefficient (Wildman–Crippen LogP) is 2.87. The Balaban J connectivity index is 3.30. The van der Waals surface area contributed by atoms with Crippen LogP contribution in [0.5, 0.6) is 0 Å². The zero-order chi connectivity index (χ0) is 8.15. The molecule has 0 atom stereocenters. The maximum atomic E-state index is 5.48. The van der Waals surface area contributed by atoms with E-state index < -0.39 is 0 Å². The Morgan fingerprint density at radius 3 is 2.00 bits per heavy atom. The van der Waals surface area contributed by atoms with E-state index in [2.05, 4.69) is 27.7 Å². The van der Waals surface area contributed by atoms with Crippen LogP contribution in [0.3, 0.4) is 0 Å². The van der Waals surface area contributed by atoms with Crippen LogP contribution >= 0.6 is 0 Å². The molecule has 0 bridgehead atoms. The molecule has 61 valence electrons. The zero-order valence-corrected chi connectivity index (χ0v) is 7.77. The van der Waals surface area contributed by atoms with Gasteiger partial charge in [0.2, 0.25) is 0 Å². The fourth-order valence-corrected chi connectivity index (χ4v) is 0.465. The third-order valence-electron chi connectivity index (χ3n) is 1.46. The van der Waals surface area contributed by atoms with Gasteiger partial charge in [0, 0.05) is 6.61 Å². The Kier molecular flexibility index (Phi) is 4.71. The molecule has 0 fully saturated rings. The first-order valence-corrected chi connectivity index (χ1v) is 4.00. The summed E-state index contributed by atoms with van der Waals surface area (Å²) in [5.41, 5.74) is 0. The van der Waals surface area contributed by atoms with Crippen molar-refractivity contribution in [2.24, 2.45) is 11.8 Å². The molecule has 0 saturated carbocycles. The first-order valence-electron chi connectivity index (χ1n) is 4.00. The van der Waals surface area contributed by atoms with E-state index in [0.717, 1.165) is 12.7 Å². The van der Waals surface area contributed by atoms with E-state index in [1.807, 2.05) is 6.92 Å². The van der Waals surface area contributed by atoms with E-state index in [0.29, 0.717) is 11.8 Å². The summed E-state index contributed by atoms with van der Waals surface area (Å²) in [6.45, 7) is 11.5. The number of ether oxygens (including phenoxy) is 1. The minimum absolute atomic E-state index is 0.554. The lowest BCUT2D eigenvalue weighted by Crippen LogP contribution is -2.10. The van der Waals surface area contributed by atoms with Crippen LogP contribution in [0.25, 0.3) is 0 Å². The Labute approximate surface area is 64.8 Å². The van der Waals surface area contributed by atoms with Crippen molar-refractivity contribution in [3.8, 4) is 0 Å². The highest BCUT2D eigenvalue weighted by atomic mass is 16.5. The van der Waals surface area contributed by atoms with E-state index in [1.165, 1.54) is 0 Å². The van der Waals surface area contributed by atoms with Crippen LogP contribution < -0.4 is 0 Å². The van der Waals surface area contributed by atoms with E-state index in [-0.39, 0.29) is 0 Å². The minimum Gasteiger partial charge on any atom is -0.372 e. The van der Waals surface area contributed by atoms with Crippen LogP contribution in [0.4, 0.5) is 0 Å². The third-order valence-corrected chi connectivity index (χ3v) is 1.46. The SMILES string of the molecule is C[C](OCC(C)C)C(C)C. The average molecular weight is 143 g/mol. The fourth-order valence-electron chi connectivity index (χ4n) is 0.465. The Hall–Kier alpha value is -0.0400. The molecule has 10 heavy (non-hydrogen) atoms. The van der Waals surface area contributed by atoms with Gasteiger partial charge in [0.1, 0.15) is 0 Å². The van der Waals surface area contributed by atoms with E-state index >= 15 is 0 Å². The summed E-state index contributed by atoms with van der Waals surface area (Å²) in [4.78, 5) is 0. The Morgan fingerprint density at radius 1 is 1.20 bits per heavy atom. The van der Waals surface area contributed by atoms with Crippen molar-refractivity contribution < 1.29 is 4.74 Å². The molecule has 0 aliphatic rings. The van der Waals surface area contributed by atoms with Gasteiger partial charge in [-0.25, -0.2) is 0 Å². The van der Waals surface area contributed by atoms with Crippen LogP contribution in [0.15, 0.2) is 0 Å². The average Bonchev–Trinajstić information content (AvgIpc) is 1.82. The first kappa shape index (κ1) is 9.96. The van der Waals surface area contributed by atoms with Crippen LogP contribution in [0, 0.1) is 17.9 Å². The monoisotopic (exact) mass is 143 g/mol. The van der Waals surface area contributed by atoms with Gasteiger partial charge < -0.3 is 4.74 Å². The number of rotatable bonds is 4. The van der Waals surface area contributed by atoms with Gasteiger partial charge in [0.15, 0.2) is 0 Å². The van der Waals surface area contributed by atoms with Crippen molar-refractivity contribution in [3.63, 3.8) is 0 Å². The lowest BCUT2D eigenvalue weighted by molar-refractivity contribution is 0.0988. The van der Waals surface area contributed by atoms with Gasteiger partial charge in [-0.1, -0.05) is 27.7 Å². The first-order chi connectivity index (χ1) is 4.54. The summed E-state index contributed by atoms with van der Waals surface area (Å²) < 4.78 is 5.48. The zero-order valence-electron chi connectivity index (χ0n) is 7.77. The summed E-state index contributed by atoms with van der Waals surface area (Å²) in [5.74, 6) is 1.19. The summed E-state index contributed by atoms with van der Waals surface area (Å²) in [6.07, 6.45) is 1.15. The second kappa shape index (κ2) is 4.73. The predicted molar refractivity (Wildman–Crippen MR) is 44.5 cm³/mol. The van der Waals surface area contributed by atoms with Crippen molar-refractivity contribution in [1.82, 2.24) is 0 Å². The largest absolute Gasteiger partial charge is 0.372 e.